The van der Waals surface area contributed by atoms with Gasteiger partial charge in [-0.3, -0.25) is 9.69 Å². The first-order valence-electron chi connectivity index (χ1n) is 6.15. The lowest BCUT2D eigenvalue weighted by Crippen LogP contribution is -2.27. The van der Waals surface area contributed by atoms with E-state index in [1.54, 1.807) is 13.1 Å². The Morgan fingerprint density at radius 2 is 2.05 bits per heavy atom. The molecule has 0 unspecified atom stereocenters. The molecule has 1 aromatic heterocycles. The van der Waals surface area contributed by atoms with Crippen LogP contribution in [-0.4, -0.2) is 17.9 Å². The molecule has 0 saturated heterocycles. The molecule has 1 amide bonds. The van der Waals surface area contributed by atoms with Gasteiger partial charge in [0.15, 0.2) is 5.13 Å². The Kier molecular flexibility index (Phi) is 3.73. The predicted molar refractivity (Wildman–Crippen MR) is 86.5 cm³/mol. The summed E-state index contributed by atoms with van der Waals surface area (Å²) >= 11 is 4.65. The van der Waals surface area contributed by atoms with E-state index in [9.17, 15) is 9.18 Å². The van der Waals surface area contributed by atoms with Crippen LogP contribution in [0, 0.1) is 5.82 Å². The summed E-state index contributed by atoms with van der Waals surface area (Å²) in [6.45, 7) is 0. The van der Waals surface area contributed by atoms with Crippen LogP contribution < -0.4 is 4.90 Å². The Balaban J connectivity index is 1.99. The van der Waals surface area contributed by atoms with Crippen molar-refractivity contribution in [1.29, 1.82) is 0 Å². The van der Waals surface area contributed by atoms with Crippen LogP contribution in [0.25, 0.3) is 10.2 Å². The zero-order valence-electron chi connectivity index (χ0n) is 11.0. The molecule has 3 nitrogen and oxygen atoms in total. The Bertz CT molecular complexity index is 800. The second kappa shape index (κ2) is 5.54. The van der Waals surface area contributed by atoms with E-state index < -0.39 is 11.7 Å². The van der Waals surface area contributed by atoms with Gasteiger partial charge >= 0.3 is 0 Å². The number of aromatic nitrogens is 1. The molecule has 2 aromatic carbocycles. The van der Waals surface area contributed by atoms with Crippen LogP contribution in [0.4, 0.5) is 9.52 Å². The lowest BCUT2D eigenvalue weighted by atomic mass is 10.2. The van der Waals surface area contributed by atoms with Crippen LogP contribution in [0.1, 0.15) is 10.4 Å². The molecular weight excluding hydrogens is 355 g/mol. The van der Waals surface area contributed by atoms with E-state index >= 15 is 0 Å². The standard InChI is InChI=1S/C15H10BrFN2OS/c1-19(14(20)10-8-9(16)6-7-11(10)17)15-18-12-4-2-3-5-13(12)21-15/h2-8H,1H3. The topological polar surface area (TPSA) is 33.2 Å². The number of hydrogen-bond donors (Lipinski definition) is 0. The van der Waals surface area contributed by atoms with Crippen molar-refractivity contribution in [3.8, 4) is 0 Å². The predicted octanol–water partition coefficient (Wildman–Crippen LogP) is 4.47. The van der Waals surface area contributed by atoms with E-state index in [0.29, 0.717) is 9.60 Å². The van der Waals surface area contributed by atoms with Gasteiger partial charge in [0.2, 0.25) is 0 Å². The summed E-state index contributed by atoms with van der Waals surface area (Å²) in [4.78, 5) is 18.2. The van der Waals surface area contributed by atoms with Crippen molar-refractivity contribution in [3.63, 3.8) is 0 Å². The molecule has 21 heavy (non-hydrogen) atoms. The van der Waals surface area contributed by atoms with Gasteiger partial charge in [-0.2, -0.15) is 0 Å². The quantitative estimate of drug-likeness (QED) is 0.671. The largest absolute Gasteiger partial charge is 0.287 e. The van der Waals surface area contributed by atoms with Crippen molar-refractivity contribution in [1.82, 2.24) is 4.98 Å². The highest BCUT2D eigenvalue weighted by atomic mass is 79.9. The number of carbonyl (C=O) groups is 1. The fraction of sp³-hybridized carbons (Fsp3) is 0.0667. The second-order valence-electron chi connectivity index (χ2n) is 4.45. The van der Waals surface area contributed by atoms with E-state index in [0.717, 1.165) is 10.2 Å². The fourth-order valence-corrected chi connectivity index (χ4v) is 3.22. The van der Waals surface area contributed by atoms with Crippen molar-refractivity contribution in [2.24, 2.45) is 0 Å². The van der Waals surface area contributed by atoms with Gasteiger partial charge in [0.25, 0.3) is 5.91 Å². The van der Waals surface area contributed by atoms with Crippen LogP contribution in [0.5, 0.6) is 0 Å². The molecule has 0 aliphatic heterocycles. The van der Waals surface area contributed by atoms with Crippen molar-refractivity contribution in [2.75, 3.05) is 11.9 Å². The maximum absolute atomic E-state index is 13.8. The highest BCUT2D eigenvalue weighted by Gasteiger charge is 2.20. The molecule has 0 aliphatic carbocycles. The van der Waals surface area contributed by atoms with Gasteiger partial charge in [-0.1, -0.05) is 39.4 Å². The number of thiazole rings is 1. The molecule has 0 aliphatic rings. The molecule has 0 fully saturated rings. The van der Waals surface area contributed by atoms with Crippen LogP contribution in [0.3, 0.4) is 0 Å². The zero-order chi connectivity index (χ0) is 15.0. The molecule has 106 valence electrons. The lowest BCUT2D eigenvalue weighted by molar-refractivity contribution is 0.0989. The average molecular weight is 365 g/mol. The number of rotatable bonds is 2. The number of benzene rings is 2. The first-order chi connectivity index (χ1) is 10.1. The molecule has 0 saturated carbocycles. The molecule has 0 spiro atoms. The number of nitrogens with zero attached hydrogens (tertiary/aromatic N) is 2. The minimum atomic E-state index is -0.545. The van der Waals surface area contributed by atoms with E-state index in [2.05, 4.69) is 20.9 Å². The van der Waals surface area contributed by atoms with Crippen molar-refractivity contribution in [3.05, 3.63) is 58.3 Å². The van der Waals surface area contributed by atoms with Crippen LogP contribution in [-0.2, 0) is 0 Å². The van der Waals surface area contributed by atoms with Gasteiger partial charge in [0, 0.05) is 11.5 Å². The first kappa shape index (κ1) is 14.2. The maximum atomic E-state index is 13.8. The van der Waals surface area contributed by atoms with Gasteiger partial charge in [-0.15, -0.1) is 0 Å². The minimum Gasteiger partial charge on any atom is -0.287 e. The van der Waals surface area contributed by atoms with Gasteiger partial charge in [-0.25, -0.2) is 9.37 Å². The maximum Gasteiger partial charge on any atom is 0.262 e. The molecule has 0 atom stereocenters. The number of anilines is 1. The van der Waals surface area contributed by atoms with E-state index in [1.165, 1.54) is 28.4 Å². The third-order valence-electron chi connectivity index (χ3n) is 3.03. The number of hydrogen-bond acceptors (Lipinski definition) is 3. The highest BCUT2D eigenvalue weighted by Crippen LogP contribution is 2.29. The Hall–Kier alpha value is -1.79. The molecule has 1 heterocycles. The third-order valence-corrected chi connectivity index (χ3v) is 4.64. The number of fused-ring (bicyclic) bond motifs is 1. The number of para-hydroxylation sites is 1. The number of carbonyl (C=O) groups excluding carboxylic acids is 1. The Labute approximate surface area is 133 Å². The Morgan fingerprint density at radius 1 is 1.29 bits per heavy atom. The monoisotopic (exact) mass is 364 g/mol. The number of amides is 1. The van der Waals surface area contributed by atoms with Crippen LogP contribution >= 0.6 is 27.3 Å². The minimum absolute atomic E-state index is 0.0196. The normalized spacial score (nSPS) is 10.8. The van der Waals surface area contributed by atoms with Crippen LogP contribution in [0.2, 0.25) is 0 Å². The van der Waals surface area contributed by atoms with Crippen molar-refractivity contribution >= 4 is 48.5 Å². The third kappa shape index (κ3) is 2.69. The van der Waals surface area contributed by atoms with Crippen molar-refractivity contribution in [2.45, 2.75) is 0 Å². The van der Waals surface area contributed by atoms with Gasteiger partial charge < -0.3 is 0 Å². The summed E-state index contributed by atoms with van der Waals surface area (Å²) in [6.07, 6.45) is 0. The molecule has 3 aromatic rings. The summed E-state index contributed by atoms with van der Waals surface area (Å²) in [5.74, 6) is -0.969. The van der Waals surface area contributed by atoms with Gasteiger partial charge in [0.05, 0.1) is 15.8 Å². The molecule has 0 radical (unpaired) electrons. The summed E-state index contributed by atoms with van der Waals surface area (Å²) < 4.78 is 15.5. The Morgan fingerprint density at radius 3 is 2.81 bits per heavy atom. The molecular formula is C15H10BrFN2OS. The van der Waals surface area contributed by atoms with Crippen LogP contribution in [0.15, 0.2) is 46.9 Å². The smallest absolute Gasteiger partial charge is 0.262 e. The lowest BCUT2D eigenvalue weighted by Gasteiger charge is -2.14. The zero-order valence-corrected chi connectivity index (χ0v) is 13.4. The fourth-order valence-electron chi connectivity index (χ4n) is 1.93. The summed E-state index contributed by atoms with van der Waals surface area (Å²) in [5.41, 5.74) is 0.845. The summed E-state index contributed by atoms with van der Waals surface area (Å²) in [6, 6.07) is 11.9. The SMILES string of the molecule is CN(C(=O)c1cc(Br)ccc1F)c1nc2ccccc2s1. The second-order valence-corrected chi connectivity index (χ2v) is 6.38. The summed E-state index contributed by atoms with van der Waals surface area (Å²) in [5, 5.41) is 0.542. The molecule has 3 rings (SSSR count). The molecule has 6 heteroatoms. The highest BCUT2D eigenvalue weighted by molar-refractivity contribution is 9.10. The first-order valence-corrected chi connectivity index (χ1v) is 7.76. The summed E-state index contributed by atoms with van der Waals surface area (Å²) in [7, 11) is 1.60. The van der Waals surface area contributed by atoms with E-state index in [-0.39, 0.29) is 5.56 Å². The number of halogens is 2. The van der Waals surface area contributed by atoms with E-state index in [1.807, 2.05) is 24.3 Å². The van der Waals surface area contributed by atoms with Gasteiger partial charge in [0.1, 0.15) is 5.82 Å². The van der Waals surface area contributed by atoms with E-state index in [4.69, 9.17) is 0 Å². The van der Waals surface area contributed by atoms with Crippen molar-refractivity contribution < 1.29 is 9.18 Å². The average Bonchev–Trinajstić information content (AvgIpc) is 2.92. The molecule has 0 bridgehead atoms. The molecule has 0 N–H and O–H groups in total. The van der Waals surface area contributed by atoms with Gasteiger partial charge in [-0.05, 0) is 30.3 Å².